The predicted molar refractivity (Wildman–Crippen MR) is 89.0 cm³/mol. The molecule has 1 amide bonds. The SMILES string of the molecule is CNCCN(C)C(=O)c1cccc(OCC2CCCO2)c1.Cl. The number of halogens is 1. The Morgan fingerprint density at radius 2 is 2.32 bits per heavy atom. The van der Waals surface area contributed by atoms with Gasteiger partial charge < -0.3 is 19.7 Å². The van der Waals surface area contributed by atoms with Crippen LogP contribution in [-0.4, -0.2) is 57.3 Å². The van der Waals surface area contributed by atoms with Crippen LogP contribution in [0.4, 0.5) is 0 Å². The minimum Gasteiger partial charge on any atom is -0.491 e. The first-order valence-corrected chi connectivity index (χ1v) is 7.45. The minimum absolute atomic E-state index is 0. The lowest BCUT2D eigenvalue weighted by atomic mass is 10.2. The summed E-state index contributed by atoms with van der Waals surface area (Å²) in [6, 6.07) is 7.34. The van der Waals surface area contributed by atoms with Crippen molar-refractivity contribution < 1.29 is 14.3 Å². The second kappa shape index (κ2) is 9.66. The van der Waals surface area contributed by atoms with E-state index in [1.807, 2.05) is 25.2 Å². The molecule has 0 radical (unpaired) electrons. The van der Waals surface area contributed by atoms with E-state index in [9.17, 15) is 4.79 Å². The van der Waals surface area contributed by atoms with Gasteiger partial charge in [0.2, 0.25) is 0 Å². The molecule has 1 unspecified atom stereocenters. The molecule has 5 nitrogen and oxygen atoms in total. The molecule has 1 atom stereocenters. The lowest BCUT2D eigenvalue weighted by molar-refractivity contribution is 0.0678. The van der Waals surface area contributed by atoms with Crippen LogP contribution in [0, 0.1) is 0 Å². The quantitative estimate of drug-likeness (QED) is 0.831. The van der Waals surface area contributed by atoms with Crippen molar-refractivity contribution in [1.82, 2.24) is 10.2 Å². The number of likely N-dealkylation sites (N-methyl/N-ethyl adjacent to an activating group) is 2. The molecule has 124 valence electrons. The summed E-state index contributed by atoms with van der Waals surface area (Å²) in [7, 11) is 3.68. The summed E-state index contributed by atoms with van der Waals surface area (Å²) in [5.41, 5.74) is 0.651. The summed E-state index contributed by atoms with van der Waals surface area (Å²) < 4.78 is 11.3. The molecular formula is C16H25ClN2O3. The van der Waals surface area contributed by atoms with Gasteiger partial charge in [-0.15, -0.1) is 12.4 Å². The van der Waals surface area contributed by atoms with Crippen molar-refractivity contribution in [3.63, 3.8) is 0 Å². The summed E-state index contributed by atoms with van der Waals surface area (Å²) >= 11 is 0. The third-order valence-corrected chi connectivity index (χ3v) is 3.58. The van der Waals surface area contributed by atoms with Gasteiger partial charge in [0.1, 0.15) is 12.4 Å². The van der Waals surface area contributed by atoms with Crippen LogP contribution in [-0.2, 0) is 4.74 Å². The Labute approximate surface area is 138 Å². The highest BCUT2D eigenvalue weighted by atomic mass is 35.5. The molecule has 0 aromatic heterocycles. The topological polar surface area (TPSA) is 50.8 Å². The molecule has 2 rings (SSSR count). The van der Waals surface area contributed by atoms with Crippen LogP contribution in [0.25, 0.3) is 0 Å². The number of carbonyl (C=O) groups is 1. The molecule has 1 fully saturated rings. The van der Waals surface area contributed by atoms with E-state index in [1.165, 1.54) is 0 Å². The zero-order chi connectivity index (χ0) is 15.1. The molecular weight excluding hydrogens is 304 g/mol. The summed E-state index contributed by atoms with van der Waals surface area (Å²) in [6.07, 6.45) is 2.33. The number of nitrogens with zero attached hydrogens (tertiary/aromatic N) is 1. The molecule has 0 bridgehead atoms. The summed E-state index contributed by atoms with van der Waals surface area (Å²) in [4.78, 5) is 14.0. The van der Waals surface area contributed by atoms with Gasteiger partial charge in [0, 0.05) is 32.3 Å². The van der Waals surface area contributed by atoms with Gasteiger partial charge in [-0.3, -0.25) is 4.79 Å². The highest BCUT2D eigenvalue weighted by Gasteiger charge is 2.16. The van der Waals surface area contributed by atoms with Crippen molar-refractivity contribution in [3.8, 4) is 5.75 Å². The molecule has 1 aromatic rings. The van der Waals surface area contributed by atoms with E-state index in [1.54, 1.807) is 18.0 Å². The predicted octanol–water partition coefficient (Wildman–Crippen LogP) is 1.96. The van der Waals surface area contributed by atoms with E-state index >= 15 is 0 Å². The van der Waals surface area contributed by atoms with Crippen LogP contribution in [0.5, 0.6) is 5.75 Å². The Kier molecular flexibility index (Phi) is 8.24. The molecule has 6 heteroatoms. The van der Waals surface area contributed by atoms with Crippen LogP contribution in [0.15, 0.2) is 24.3 Å². The molecule has 1 saturated heterocycles. The number of hydrogen-bond donors (Lipinski definition) is 1. The van der Waals surface area contributed by atoms with Gasteiger partial charge in [-0.05, 0) is 38.1 Å². The van der Waals surface area contributed by atoms with Crippen LogP contribution in [0.1, 0.15) is 23.2 Å². The molecule has 1 aliphatic heterocycles. The Bertz CT molecular complexity index is 464. The molecule has 0 aliphatic carbocycles. The number of amides is 1. The number of benzene rings is 1. The second-order valence-electron chi connectivity index (χ2n) is 5.30. The van der Waals surface area contributed by atoms with Gasteiger partial charge in [0.25, 0.3) is 5.91 Å². The number of hydrogen-bond acceptors (Lipinski definition) is 4. The largest absolute Gasteiger partial charge is 0.491 e. The van der Waals surface area contributed by atoms with Gasteiger partial charge in [-0.1, -0.05) is 6.07 Å². The smallest absolute Gasteiger partial charge is 0.253 e. The fraction of sp³-hybridized carbons (Fsp3) is 0.562. The van der Waals surface area contributed by atoms with Gasteiger partial charge >= 0.3 is 0 Å². The van der Waals surface area contributed by atoms with Crippen molar-refractivity contribution >= 4 is 18.3 Å². The third-order valence-electron chi connectivity index (χ3n) is 3.58. The maximum atomic E-state index is 12.3. The van der Waals surface area contributed by atoms with Crippen molar-refractivity contribution in [1.29, 1.82) is 0 Å². The third kappa shape index (κ3) is 5.48. The van der Waals surface area contributed by atoms with Crippen molar-refractivity contribution in [2.24, 2.45) is 0 Å². The Morgan fingerprint density at radius 1 is 1.50 bits per heavy atom. The van der Waals surface area contributed by atoms with Crippen LogP contribution >= 0.6 is 12.4 Å². The average Bonchev–Trinajstić information content (AvgIpc) is 3.03. The van der Waals surface area contributed by atoms with Gasteiger partial charge in [0.05, 0.1) is 6.10 Å². The maximum absolute atomic E-state index is 12.3. The first-order chi connectivity index (χ1) is 10.2. The standard InChI is InChI=1S/C16H24N2O3.ClH/c1-17-8-9-18(2)16(19)13-5-3-6-14(11-13)21-12-15-7-4-10-20-15;/h3,5-6,11,15,17H,4,7-10,12H2,1-2H3;1H. The van der Waals surface area contributed by atoms with Crippen LogP contribution in [0.3, 0.4) is 0 Å². The first-order valence-electron chi connectivity index (χ1n) is 7.45. The summed E-state index contributed by atoms with van der Waals surface area (Å²) in [5, 5.41) is 3.04. The molecule has 1 heterocycles. The molecule has 1 aliphatic rings. The average molecular weight is 329 g/mol. The first kappa shape index (κ1) is 18.7. The summed E-state index contributed by atoms with van der Waals surface area (Å²) in [6.45, 7) is 2.82. The van der Waals surface area contributed by atoms with Crippen LogP contribution < -0.4 is 10.1 Å². The number of rotatable bonds is 7. The van der Waals surface area contributed by atoms with E-state index in [4.69, 9.17) is 9.47 Å². The van der Waals surface area contributed by atoms with E-state index in [0.717, 1.165) is 31.7 Å². The Hall–Kier alpha value is -1.30. The van der Waals surface area contributed by atoms with Gasteiger partial charge in [0.15, 0.2) is 0 Å². The van der Waals surface area contributed by atoms with E-state index in [0.29, 0.717) is 18.7 Å². The van der Waals surface area contributed by atoms with Gasteiger partial charge in [-0.2, -0.15) is 0 Å². The van der Waals surface area contributed by atoms with Crippen molar-refractivity contribution in [3.05, 3.63) is 29.8 Å². The van der Waals surface area contributed by atoms with Crippen molar-refractivity contribution in [2.75, 3.05) is 40.4 Å². The Balaban J connectivity index is 0.00000242. The van der Waals surface area contributed by atoms with E-state index < -0.39 is 0 Å². The van der Waals surface area contributed by atoms with E-state index in [2.05, 4.69) is 5.32 Å². The number of ether oxygens (including phenoxy) is 2. The highest BCUT2D eigenvalue weighted by molar-refractivity contribution is 5.94. The fourth-order valence-electron chi connectivity index (χ4n) is 2.29. The number of carbonyl (C=O) groups excluding carboxylic acids is 1. The monoisotopic (exact) mass is 328 g/mol. The molecule has 0 saturated carbocycles. The second-order valence-corrected chi connectivity index (χ2v) is 5.30. The lowest BCUT2D eigenvalue weighted by Crippen LogP contribution is -2.32. The van der Waals surface area contributed by atoms with Crippen molar-refractivity contribution in [2.45, 2.75) is 18.9 Å². The normalized spacial score (nSPS) is 16.9. The zero-order valence-electron chi connectivity index (χ0n) is 13.2. The Morgan fingerprint density at radius 3 is 3.00 bits per heavy atom. The molecule has 1 aromatic carbocycles. The van der Waals surface area contributed by atoms with Crippen LogP contribution in [0.2, 0.25) is 0 Å². The fourth-order valence-corrected chi connectivity index (χ4v) is 2.29. The highest BCUT2D eigenvalue weighted by Crippen LogP contribution is 2.18. The number of nitrogens with one attached hydrogen (secondary N) is 1. The van der Waals surface area contributed by atoms with Gasteiger partial charge in [-0.25, -0.2) is 0 Å². The molecule has 1 N–H and O–H groups in total. The molecule has 22 heavy (non-hydrogen) atoms. The zero-order valence-corrected chi connectivity index (χ0v) is 14.0. The van der Waals surface area contributed by atoms with E-state index in [-0.39, 0.29) is 24.4 Å². The lowest BCUT2D eigenvalue weighted by Gasteiger charge is -2.17. The minimum atomic E-state index is 0. The maximum Gasteiger partial charge on any atom is 0.253 e. The molecule has 0 spiro atoms. The summed E-state index contributed by atoms with van der Waals surface area (Å²) in [5.74, 6) is 0.728.